The van der Waals surface area contributed by atoms with Crippen molar-refractivity contribution in [3.05, 3.63) is 53.1 Å². The molecule has 1 amide bonds. The Labute approximate surface area is 149 Å². The van der Waals surface area contributed by atoms with E-state index in [0.717, 1.165) is 16.5 Å². The third-order valence-corrected chi connectivity index (χ3v) is 5.62. The Hall–Kier alpha value is -1.76. The molecule has 0 unspecified atom stereocenters. The van der Waals surface area contributed by atoms with Crippen LogP contribution >= 0.6 is 23.1 Å². The van der Waals surface area contributed by atoms with Gasteiger partial charge >= 0.3 is 0 Å². The first kappa shape index (κ1) is 17.1. The Morgan fingerprint density at radius 3 is 2.79 bits per heavy atom. The van der Waals surface area contributed by atoms with Crippen LogP contribution in [0.4, 0.5) is 0 Å². The van der Waals surface area contributed by atoms with E-state index in [9.17, 15) is 4.79 Å². The quantitative estimate of drug-likeness (QED) is 0.645. The van der Waals surface area contributed by atoms with E-state index in [1.807, 2.05) is 49.6 Å². The largest absolute Gasteiger partial charge is 0.451 e. The fourth-order valence-electron chi connectivity index (χ4n) is 2.30. The number of nitrogens with two attached hydrogens (primary N) is 1. The molecule has 1 aromatic carbocycles. The first-order valence-electron chi connectivity index (χ1n) is 7.68. The highest BCUT2D eigenvalue weighted by atomic mass is 32.2. The molecule has 0 fully saturated rings. The third-order valence-electron chi connectivity index (χ3n) is 3.46. The number of furan rings is 1. The molecule has 0 aliphatic carbocycles. The molecule has 0 atom stereocenters. The van der Waals surface area contributed by atoms with Crippen LogP contribution in [0.5, 0.6) is 0 Å². The highest BCUT2D eigenvalue weighted by molar-refractivity contribution is 8.00. The van der Waals surface area contributed by atoms with Crippen molar-refractivity contribution in [2.24, 2.45) is 5.73 Å². The molecule has 0 bridgehead atoms. The van der Waals surface area contributed by atoms with Crippen LogP contribution in [0, 0.1) is 0 Å². The van der Waals surface area contributed by atoms with Gasteiger partial charge in [0.2, 0.25) is 0 Å². The normalized spacial score (nSPS) is 11.8. The number of amides is 1. The van der Waals surface area contributed by atoms with Gasteiger partial charge in [-0.05, 0) is 31.4 Å². The molecular formula is C18H20N2O2S2. The molecule has 3 rings (SSSR count). The van der Waals surface area contributed by atoms with E-state index in [-0.39, 0.29) is 5.91 Å². The van der Waals surface area contributed by atoms with Crippen LogP contribution in [-0.4, -0.2) is 18.0 Å². The van der Waals surface area contributed by atoms with Crippen molar-refractivity contribution in [3.8, 4) is 0 Å². The van der Waals surface area contributed by atoms with Gasteiger partial charge in [0.05, 0.1) is 4.21 Å². The number of hydrogen-bond donors (Lipinski definition) is 2. The number of para-hydroxylation sites is 1. The zero-order valence-corrected chi connectivity index (χ0v) is 15.3. The van der Waals surface area contributed by atoms with Gasteiger partial charge in [-0.1, -0.05) is 24.3 Å². The molecule has 0 saturated heterocycles. The molecule has 6 heteroatoms. The molecule has 2 heterocycles. The lowest BCUT2D eigenvalue weighted by molar-refractivity contribution is 0.0919. The Morgan fingerprint density at radius 1 is 1.29 bits per heavy atom. The Bertz CT molecular complexity index is 832. The second-order valence-electron chi connectivity index (χ2n) is 6.30. The number of fused-ring (bicyclic) bond motifs is 1. The first-order chi connectivity index (χ1) is 11.4. The molecule has 0 saturated carbocycles. The average Bonchev–Trinajstić information content (AvgIpc) is 3.17. The zero-order chi connectivity index (χ0) is 17.2. The Balaban J connectivity index is 1.88. The number of carbonyl (C=O) groups excluding carboxylic acids is 1. The SMILES string of the molecule is CC(C)(N)CNC(=O)c1oc2ccccc2c1CSc1cccs1. The van der Waals surface area contributed by atoms with Crippen LogP contribution in [0.25, 0.3) is 11.0 Å². The molecule has 0 aliphatic heterocycles. The topological polar surface area (TPSA) is 68.3 Å². The average molecular weight is 361 g/mol. The highest BCUT2D eigenvalue weighted by Crippen LogP contribution is 2.33. The predicted molar refractivity (Wildman–Crippen MR) is 101 cm³/mol. The highest BCUT2D eigenvalue weighted by Gasteiger charge is 2.22. The zero-order valence-electron chi connectivity index (χ0n) is 13.7. The minimum atomic E-state index is -0.465. The van der Waals surface area contributed by atoms with Crippen LogP contribution in [0.2, 0.25) is 0 Å². The van der Waals surface area contributed by atoms with Gasteiger partial charge in [0.25, 0.3) is 5.91 Å². The third kappa shape index (κ3) is 4.01. The fraction of sp³-hybridized carbons (Fsp3) is 0.278. The minimum absolute atomic E-state index is 0.216. The molecule has 3 aromatic rings. The van der Waals surface area contributed by atoms with Gasteiger partial charge in [-0.3, -0.25) is 4.79 Å². The standard InChI is InChI=1S/C18H20N2O2S2/c1-18(2,19)11-20-17(21)16-13(10-24-15-8-5-9-23-15)12-6-3-4-7-14(12)22-16/h3-9H,10-11,19H2,1-2H3,(H,20,21). The summed E-state index contributed by atoms with van der Waals surface area (Å²) in [7, 11) is 0. The van der Waals surface area contributed by atoms with Gasteiger partial charge in [-0.2, -0.15) is 0 Å². The lowest BCUT2D eigenvalue weighted by Crippen LogP contribution is -2.45. The summed E-state index contributed by atoms with van der Waals surface area (Å²) in [5.41, 5.74) is 7.15. The molecule has 0 spiro atoms. The summed E-state index contributed by atoms with van der Waals surface area (Å²) >= 11 is 3.40. The number of benzene rings is 1. The predicted octanol–water partition coefficient (Wildman–Crippen LogP) is 4.25. The molecule has 126 valence electrons. The van der Waals surface area contributed by atoms with E-state index >= 15 is 0 Å². The molecule has 0 radical (unpaired) electrons. The molecular weight excluding hydrogens is 340 g/mol. The van der Waals surface area contributed by atoms with Crippen LogP contribution in [0.15, 0.2) is 50.4 Å². The summed E-state index contributed by atoms with van der Waals surface area (Å²) < 4.78 is 7.05. The van der Waals surface area contributed by atoms with Crippen LogP contribution in [-0.2, 0) is 5.75 Å². The number of hydrogen-bond acceptors (Lipinski definition) is 5. The van der Waals surface area contributed by atoms with E-state index in [4.69, 9.17) is 10.2 Å². The fourth-order valence-corrected chi connectivity index (χ4v) is 4.11. The smallest absolute Gasteiger partial charge is 0.287 e. The lowest BCUT2D eigenvalue weighted by atomic mass is 10.1. The van der Waals surface area contributed by atoms with E-state index in [1.165, 1.54) is 4.21 Å². The summed E-state index contributed by atoms with van der Waals surface area (Å²) in [5.74, 6) is 0.850. The molecule has 0 aliphatic rings. The summed E-state index contributed by atoms with van der Waals surface area (Å²) in [6.07, 6.45) is 0. The number of rotatable bonds is 6. The van der Waals surface area contributed by atoms with Crippen molar-refractivity contribution in [2.75, 3.05) is 6.54 Å². The van der Waals surface area contributed by atoms with Crippen molar-refractivity contribution in [3.63, 3.8) is 0 Å². The summed E-state index contributed by atoms with van der Waals surface area (Å²) in [4.78, 5) is 12.6. The molecule has 24 heavy (non-hydrogen) atoms. The summed E-state index contributed by atoms with van der Waals surface area (Å²) in [6.45, 7) is 4.14. The molecule has 2 aromatic heterocycles. The lowest BCUT2D eigenvalue weighted by Gasteiger charge is -2.18. The second-order valence-corrected chi connectivity index (χ2v) is 8.52. The molecule has 3 N–H and O–H groups in total. The number of carbonyl (C=O) groups is 1. The van der Waals surface area contributed by atoms with E-state index in [0.29, 0.717) is 18.1 Å². The van der Waals surface area contributed by atoms with Crippen molar-refractivity contribution < 1.29 is 9.21 Å². The van der Waals surface area contributed by atoms with Gasteiger partial charge in [0.15, 0.2) is 5.76 Å². The summed E-state index contributed by atoms with van der Waals surface area (Å²) in [5, 5.41) is 5.90. The number of nitrogens with one attached hydrogen (secondary N) is 1. The van der Waals surface area contributed by atoms with Gasteiger partial charge in [0.1, 0.15) is 5.58 Å². The van der Waals surface area contributed by atoms with Gasteiger partial charge in [-0.25, -0.2) is 0 Å². The Morgan fingerprint density at radius 2 is 2.08 bits per heavy atom. The van der Waals surface area contributed by atoms with Gasteiger partial charge in [0, 0.05) is 28.8 Å². The molecule has 4 nitrogen and oxygen atoms in total. The van der Waals surface area contributed by atoms with Crippen molar-refractivity contribution in [1.82, 2.24) is 5.32 Å². The maximum absolute atomic E-state index is 12.6. The van der Waals surface area contributed by atoms with E-state index < -0.39 is 5.54 Å². The minimum Gasteiger partial charge on any atom is -0.451 e. The Kier molecular flexibility index (Phi) is 4.99. The second kappa shape index (κ2) is 7.01. The number of thiophene rings is 1. The van der Waals surface area contributed by atoms with E-state index in [1.54, 1.807) is 23.1 Å². The van der Waals surface area contributed by atoms with Gasteiger partial charge < -0.3 is 15.5 Å². The van der Waals surface area contributed by atoms with Crippen molar-refractivity contribution in [2.45, 2.75) is 29.3 Å². The van der Waals surface area contributed by atoms with Crippen molar-refractivity contribution >= 4 is 40.0 Å². The monoisotopic (exact) mass is 360 g/mol. The maximum Gasteiger partial charge on any atom is 0.287 e. The van der Waals surface area contributed by atoms with Gasteiger partial charge in [-0.15, -0.1) is 23.1 Å². The first-order valence-corrected chi connectivity index (χ1v) is 9.54. The van der Waals surface area contributed by atoms with E-state index in [2.05, 4.69) is 11.4 Å². The van der Waals surface area contributed by atoms with Crippen LogP contribution < -0.4 is 11.1 Å². The number of thioether (sulfide) groups is 1. The van der Waals surface area contributed by atoms with Crippen LogP contribution in [0.3, 0.4) is 0 Å². The van der Waals surface area contributed by atoms with Crippen LogP contribution in [0.1, 0.15) is 30.0 Å². The van der Waals surface area contributed by atoms with Crippen molar-refractivity contribution in [1.29, 1.82) is 0 Å². The summed E-state index contributed by atoms with van der Waals surface area (Å²) in [6, 6.07) is 11.9. The maximum atomic E-state index is 12.6.